The van der Waals surface area contributed by atoms with Gasteiger partial charge in [-0.2, -0.15) is 0 Å². The van der Waals surface area contributed by atoms with Crippen LogP contribution in [0.15, 0.2) is 45.0 Å². The van der Waals surface area contributed by atoms with Crippen molar-refractivity contribution >= 4 is 28.5 Å². The number of carbonyl (C=O) groups is 1. The van der Waals surface area contributed by atoms with Crippen LogP contribution in [0.5, 0.6) is 0 Å². The predicted molar refractivity (Wildman–Crippen MR) is 77.1 cm³/mol. The third-order valence-corrected chi connectivity index (χ3v) is 3.35. The lowest BCUT2D eigenvalue weighted by molar-refractivity contribution is 0.104. The molecule has 106 valence electrons. The Morgan fingerprint density at radius 2 is 1.00 bits per heavy atom. The third kappa shape index (κ3) is 1.69. The van der Waals surface area contributed by atoms with E-state index in [-0.39, 0.29) is 45.0 Å². The molecule has 0 fully saturated rings. The minimum atomic E-state index is -0.573. The van der Waals surface area contributed by atoms with Crippen molar-refractivity contribution in [3.63, 3.8) is 0 Å². The molecule has 2 aromatic carbocycles. The summed E-state index contributed by atoms with van der Waals surface area (Å²) in [4.78, 5) is 55.7. The summed E-state index contributed by atoms with van der Waals surface area (Å²) in [6, 6.07) is 4.56. The molecule has 0 saturated heterocycles. The fourth-order valence-corrected chi connectivity index (χ4v) is 2.50. The molecule has 0 radical (unpaired) electrons. The van der Waals surface area contributed by atoms with Crippen LogP contribution in [0, 0.1) is 19.6 Å². The van der Waals surface area contributed by atoms with Gasteiger partial charge in [0.15, 0.2) is 5.78 Å². The van der Waals surface area contributed by atoms with Crippen molar-refractivity contribution in [2.24, 2.45) is 20.7 Å². The highest BCUT2D eigenvalue weighted by Crippen LogP contribution is 2.50. The van der Waals surface area contributed by atoms with E-state index in [9.17, 15) is 24.4 Å². The fraction of sp³-hybridized carbons (Fsp3) is 0. The number of benzene rings is 2. The summed E-state index contributed by atoms with van der Waals surface area (Å²) in [5.41, 5.74) is -0.548. The second-order valence-electron chi connectivity index (χ2n) is 4.47. The molecule has 22 heavy (non-hydrogen) atoms. The molecule has 0 atom stereocenters. The van der Waals surface area contributed by atoms with E-state index >= 15 is 0 Å². The van der Waals surface area contributed by atoms with Gasteiger partial charge in [-0.25, -0.2) is 0 Å². The van der Waals surface area contributed by atoms with Crippen molar-refractivity contribution < 1.29 is 4.79 Å². The number of hydrogen-bond acceptors (Lipinski definition) is 9. The zero-order chi connectivity index (χ0) is 15.9. The summed E-state index contributed by atoms with van der Waals surface area (Å²) >= 11 is 0. The zero-order valence-electron chi connectivity index (χ0n) is 10.6. The number of rotatable bonds is 4. The molecule has 0 unspecified atom stereocenters. The van der Waals surface area contributed by atoms with Crippen molar-refractivity contribution in [2.45, 2.75) is 0 Å². The summed E-state index contributed by atoms with van der Waals surface area (Å²) in [5, 5.41) is 10.9. The molecule has 9 heteroatoms. The Hall–Kier alpha value is -3.49. The smallest absolute Gasteiger partial charge is 0.194 e. The molecule has 0 aromatic heterocycles. The van der Waals surface area contributed by atoms with Gasteiger partial charge in [0, 0.05) is 22.3 Å². The zero-order valence-corrected chi connectivity index (χ0v) is 10.6. The highest BCUT2D eigenvalue weighted by atomic mass is 16.3. The average Bonchev–Trinajstić information content (AvgIpc) is 2.86. The molecule has 0 heterocycles. The van der Waals surface area contributed by atoms with Gasteiger partial charge in [0.2, 0.25) is 0 Å². The topological polar surface area (TPSA) is 135 Å². The van der Waals surface area contributed by atoms with Crippen LogP contribution in [0.4, 0.5) is 22.7 Å². The van der Waals surface area contributed by atoms with E-state index in [1.54, 1.807) is 0 Å². The minimum Gasteiger partial charge on any atom is -0.289 e. The normalized spacial score (nSPS) is 11.5. The number of fused-ring (bicyclic) bond motifs is 3. The van der Waals surface area contributed by atoms with Gasteiger partial charge in [0.25, 0.3) is 0 Å². The molecular weight excluding hydrogens is 292 g/mol. The summed E-state index contributed by atoms with van der Waals surface area (Å²) < 4.78 is 0. The third-order valence-electron chi connectivity index (χ3n) is 3.35. The number of carbonyl (C=O) groups excluding carboxylic acids is 1. The van der Waals surface area contributed by atoms with Gasteiger partial charge in [0.05, 0.1) is 0 Å². The molecule has 0 aliphatic heterocycles. The van der Waals surface area contributed by atoms with Crippen LogP contribution >= 0.6 is 0 Å². The maximum absolute atomic E-state index is 12.4. The van der Waals surface area contributed by atoms with Crippen molar-refractivity contribution in [3.8, 4) is 11.1 Å². The lowest BCUT2D eigenvalue weighted by Crippen LogP contribution is -1.94. The quantitative estimate of drug-likeness (QED) is 0.653. The average molecular weight is 296 g/mol. The second kappa shape index (κ2) is 4.81. The molecular formula is C13H4N4O5. The molecule has 3 rings (SSSR count). The van der Waals surface area contributed by atoms with Crippen molar-refractivity contribution in [1.29, 1.82) is 0 Å². The number of nitrogens with zero attached hydrogens (tertiary/aromatic N) is 4. The first-order valence-electron chi connectivity index (χ1n) is 5.89. The maximum Gasteiger partial charge on any atom is 0.194 e. The Morgan fingerprint density at radius 3 is 1.32 bits per heavy atom. The highest BCUT2D eigenvalue weighted by molar-refractivity contribution is 6.25. The van der Waals surface area contributed by atoms with Crippen molar-refractivity contribution in [2.75, 3.05) is 0 Å². The van der Waals surface area contributed by atoms with Crippen molar-refractivity contribution in [1.82, 2.24) is 0 Å². The first-order chi connectivity index (χ1) is 10.6. The van der Waals surface area contributed by atoms with Gasteiger partial charge in [0.1, 0.15) is 22.7 Å². The van der Waals surface area contributed by atoms with Gasteiger partial charge in [-0.3, -0.25) is 4.79 Å². The predicted octanol–water partition coefficient (Wildman–Crippen LogP) is 4.49. The van der Waals surface area contributed by atoms with Gasteiger partial charge < -0.3 is 0 Å². The van der Waals surface area contributed by atoms with E-state index in [0.29, 0.717) is 0 Å². The Bertz CT molecular complexity index is 819. The molecule has 0 saturated carbocycles. The molecule has 1 aliphatic carbocycles. The van der Waals surface area contributed by atoms with E-state index in [4.69, 9.17) is 0 Å². The number of hydrogen-bond donors (Lipinski definition) is 0. The Morgan fingerprint density at radius 1 is 0.591 bits per heavy atom. The summed E-state index contributed by atoms with van der Waals surface area (Å²) in [5.74, 6) is -0.573. The summed E-state index contributed by atoms with van der Waals surface area (Å²) in [6.07, 6.45) is 0. The van der Waals surface area contributed by atoms with Crippen LogP contribution in [0.25, 0.3) is 11.1 Å². The van der Waals surface area contributed by atoms with Crippen LogP contribution in [0.2, 0.25) is 0 Å². The standard InChI is InChI=1S/C13H4N4O5/c18-13-7-1-5(14-19)3-9(16-21)11(7)12-8(13)2-6(15-20)4-10(12)17-22/h1-4H. The van der Waals surface area contributed by atoms with Crippen LogP contribution < -0.4 is 0 Å². The van der Waals surface area contributed by atoms with Crippen LogP contribution in [0.1, 0.15) is 15.9 Å². The van der Waals surface area contributed by atoms with E-state index in [2.05, 4.69) is 20.7 Å². The first kappa shape index (κ1) is 13.5. The van der Waals surface area contributed by atoms with Gasteiger partial charge in [-0.05, 0) is 45.0 Å². The second-order valence-corrected chi connectivity index (χ2v) is 4.47. The number of nitroso groups, excluding NO2 is 4. The number of ketones is 1. The molecule has 0 amide bonds. The summed E-state index contributed by atoms with van der Waals surface area (Å²) in [7, 11) is 0. The monoisotopic (exact) mass is 296 g/mol. The molecule has 0 N–H and O–H groups in total. The molecule has 9 nitrogen and oxygen atoms in total. The van der Waals surface area contributed by atoms with E-state index in [1.807, 2.05) is 0 Å². The van der Waals surface area contributed by atoms with E-state index < -0.39 is 5.78 Å². The lowest BCUT2D eigenvalue weighted by Gasteiger charge is -2.05. The lowest BCUT2D eigenvalue weighted by atomic mass is 10.0. The highest BCUT2D eigenvalue weighted by Gasteiger charge is 2.33. The Balaban J connectivity index is 2.45. The van der Waals surface area contributed by atoms with Gasteiger partial charge in [-0.15, -0.1) is 19.6 Å². The molecule has 2 aromatic rings. The Kier molecular flexibility index (Phi) is 2.95. The Labute approximate surface area is 121 Å². The van der Waals surface area contributed by atoms with Crippen molar-refractivity contribution in [3.05, 3.63) is 55.0 Å². The minimum absolute atomic E-state index is 0.00495. The first-order valence-corrected chi connectivity index (χ1v) is 5.89. The largest absolute Gasteiger partial charge is 0.289 e. The maximum atomic E-state index is 12.4. The summed E-state index contributed by atoms with van der Waals surface area (Å²) in [6.45, 7) is 0. The molecule has 0 bridgehead atoms. The molecule has 1 aliphatic rings. The van der Waals surface area contributed by atoms with Crippen LogP contribution in [-0.2, 0) is 0 Å². The van der Waals surface area contributed by atoms with Gasteiger partial charge >= 0.3 is 0 Å². The van der Waals surface area contributed by atoms with E-state index in [0.717, 1.165) is 12.1 Å². The SMILES string of the molecule is O=Nc1cc(N=O)c2c(c1)C(=O)c1cc(N=O)cc(N=O)c1-2. The van der Waals surface area contributed by atoms with Crippen LogP contribution in [-0.4, -0.2) is 5.78 Å². The van der Waals surface area contributed by atoms with Crippen LogP contribution in [0.3, 0.4) is 0 Å². The molecule has 0 spiro atoms. The van der Waals surface area contributed by atoms with E-state index in [1.165, 1.54) is 12.1 Å². The van der Waals surface area contributed by atoms with Gasteiger partial charge in [-0.1, -0.05) is 0 Å². The fourth-order valence-electron chi connectivity index (χ4n) is 2.50.